The summed E-state index contributed by atoms with van der Waals surface area (Å²) in [4.78, 5) is 0. The summed E-state index contributed by atoms with van der Waals surface area (Å²) < 4.78 is 3.34. The van der Waals surface area contributed by atoms with Gasteiger partial charge in [-0.2, -0.15) is 83.9 Å². The van der Waals surface area contributed by atoms with Crippen molar-refractivity contribution >= 4 is 25.8 Å². The van der Waals surface area contributed by atoms with E-state index in [1.54, 1.807) is 0 Å². The molecule has 0 spiro atoms. The van der Waals surface area contributed by atoms with Gasteiger partial charge in [0.1, 0.15) is 0 Å². The Bertz CT molecular complexity index is 1700. The fourth-order valence-electron chi connectivity index (χ4n) is 5.46. The van der Waals surface area contributed by atoms with Gasteiger partial charge in [0.2, 0.25) is 0 Å². The SMILES string of the molecule is CC(C)(C)c1c[c-]c2c(c1)-c1cc(C(C)(C)C)ccc1C2.[C-]1=CC=CC1.[CH2]=[Zr].[c-]1ccc2ccccc2c1.[c-]1ccc2ccccc2c1. The van der Waals surface area contributed by atoms with Crippen LogP contribution in [0.25, 0.3) is 32.7 Å². The Morgan fingerprint density at radius 3 is 1.60 bits per heavy atom. The minimum Gasteiger partial charge on any atom is -0.183 e. The van der Waals surface area contributed by atoms with Gasteiger partial charge in [-0.05, 0) is 17.4 Å². The maximum Gasteiger partial charge on any atom is -0.0648 e. The van der Waals surface area contributed by atoms with E-state index in [1.165, 1.54) is 79.2 Å². The average Bonchev–Trinajstić information content (AvgIpc) is 3.81. The summed E-state index contributed by atoms with van der Waals surface area (Å²) in [6.07, 6.45) is 11.0. The predicted molar refractivity (Wildman–Crippen MR) is 205 cm³/mol. The molecule has 2 aliphatic rings. The van der Waals surface area contributed by atoms with Crippen molar-refractivity contribution in [1.82, 2.24) is 0 Å². The standard InChI is InChI=1S/C21H25.2C10H7.C5H5.CH2.Zr/c1-20(2,3)16-9-7-14-11-15-8-10-17(21(4,5)6)13-19(15)18(14)12-16;2*1-2-6-10-8-4-3-7-9(10)5-1;1-2-4-5-3-1;;/h7,9-10,12-13H,11H2,1-6H3;2*1-3,5-8H;1-3H,4H2;1H2;/q4*-1;;. The molecule has 0 heterocycles. The van der Waals surface area contributed by atoms with Gasteiger partial charge >= 0.3 is 28.4 Å². The molecule has 6 aromatic rings. The maximum absolute atomic E-state index is 3.53. The molecule has 0 amide bonds. The molecule has 0 aliphatic heterocycles. The van der Waals surface area contributed by atoms with E-state index >= 15 is 0 Å². The first-order chi connectivity index (χ1) is 23.1. The Labute approximate surface area is 304 Å². The monoisotopic (exact) mass is 700 g/mol. The molecule has 0 aromatic heterocycles. The molecule has 0 unspecified atom stereocenters. The van der Waals surface area contributed by atoms with Crippen LogP contribution in [0.5, 0.6) is 0 Å². The molecule has 0 saturated carbocycles. The van der Waals surface area contributed by atoms with Gasteiger partial charge in [0.25, 0.3) is 0 Å². The summed E-state index contributed by atoms with van der Waals surface area (Å²) in [7, 11) is 0. The first-order valence-electron chi connectivity index (χ1n) is 16.6. The Hall–Kier alpha value is -3.93. The van der Waals surface area contributed by atoms with E-state index in [4.69, 9.17) is 0 Å². The third-order valence-electron chi connectivity index (χ3n) is 8.30. The smallest absolute Gasteiger partial charge is 0.0648 e. The van der Waals surface area contributed by atoms with Crippen LogP contribution >= 0.6 is 0 Å². The van der Waals surface area contributed by atoms with Crippen LogP contribution in [-0.2, 0) is 41.5 Å². The van der Waals surface area contributed by atoms with Crippen molar-refractivity contribution in [2.75, 3.05) is 0 Å². The van der Waals surface area contributed by atoms with Crippen molar-refractivity contribution in [3.8, 4) is 11.1 Å². The molecule has 0 N–H and O–H groups in total. The van der Waals surface area contributed by atoms with Gasteiger partial charge in [-0.3, -0.25) is 6.08 Å². The van der Waals surface area contributed by atoms with Crippen molar-refractivity contribution in [3.05, 3.63) is 180 Å². The molecule has 6 aromatic carbocycles. The molecule has 0 radical (unpaired) electrons. The van der Waals surface area contributed by atoms with Gasteiger partial charge in [0, 0.05) is 0 Å². The summed E-state index contributed by atoms with van der Waals surface area (Å²) in [6, 6.07) is 49.7. The number of hydrogen-bond acceptors (Lipinski definition) is 0. The predicted octanol–water partition coefficient (Wildman–Crippen LogP) is 12.2. The molecule has 2 aliphatic carbocycles. The van der Waals surface area contributed by atoms with Crippen molar-refractivity contribution in [2.45, 2.75) is 65.2 Å². The number of rotatable bonds is 0. The van der Waals surface area contributed by atoms with E-state index in [9.17, 15) is 0 Å². The molecular formula is C47H46Zr-4. The van der Waals surface area contributed by atoms with Gasteiger partial charge < -0.3 is 0 Å². The second-order valence-electron chi connectivity index (χ2n) is 13.9. The number of benzene rings is 6. The molecule has 0 bridgehead atoms. The molecule has 0 atom stereocenters. The van der Waals surface area contributed by atoms with Gasteiger partial charge in [-0.25, -0.2) is 12.2 Å². The Morgan fingerprint density at radius 2 is 1.15 bits per heavy atom. The van der Waals surface area contributed by atoms with Crippen LogP contribution in [0.1, 0.15) is 70.2 Å². The topological polar surface area (TPSA) is 0 Å². The number of allylic oxidation sites excluding steroid dienone is 4. The molecule has 48 heavy (non-hydrogen) atoms. The number of fused-ring (bicyclic) bond motifs is 5. The second kappa shape index (κ2) is 17.5. The van der Waals surface area contributed by atoms with Crippen LogP contribution < -0.4 is 0 Å². The molecular weight excluding hydrogens is 656 g/mol. The van der Waals surface area contributed by atoms with Crippen LogP contribution in [0, 0.1) is 24.3 Å². The van der Waals surface area contributed by atoms with Crippen LogP contribution in [0.2, 0.25) is 0 Å². The maximum atomic E-state index is 3.53. The quantitative estimate of drug-likeness (QED) is 0.138. The average molecular weight is 702 g/mol. The zero-order valence-corrected chi connectivity index (χ0v) is 31.8. The van der Waals surface area contributed by atoms with E-state index in [0.29, 0.717) is 0 Å². The van der Waals surface area contributed by atoms with Gasteiger partial charge in [-0.1, -0.05) is 113 Å². The molecule has 0 saturated heterocycles. The van der Waals surface area contributed by atoms with Crippen molar-refractivity contribution in [2.24, 2.45) is 0 Å². The van der Waals surface area contributed by atoms with Crippen molar-refractivity contribution in [3.63, 3.8) is 0 Å². The summed E-state index contributed by atoms with van der Waals surface area (Å²) in [6.45, 7) is 13.6. The van der Waals surface area contributed by atoms with Crippen molar-refractivity contribution in [1.29, 1.82) is 0 Å². The van der Waals surface area contributed by atoms with E-state index in [-0.39, 0.29) is 10.8 Å². The van der Waals surface area contributed by atoms with E-state index in [2.05, 4.69) is 143 Å². The van der Waals surface area contributed by atoms with Gasteiger partial charge in [-0.15, -0.1) is 45.7 Å². The Kier molecular flexibility index (Phi) is 13.4. The summed E-state index contributed by atoms with van der Waals surface area (Å²) in [5.74, 6) is 0. The first-order valence-corrected chi connectivity index (χ1v) is 18.3. The van der Waals surface area contributed by atoms with Gasteiger partial charge in [0.15, 0.2) is 0 Å². The normalized spacial score (nSPS) is 12.2. The minimum atomic E-state index is 0.177. The van der Waals surface area contributed by atoms with E-state index < -0.39 is 0 Å². The third-order valence-corrected chi connectivity index (χ3v) is 8.30. The Morgan fingerprint density at radius 1 is 0.604 bits per heavy atom. The van der Waals surface area contributed by atoms with Crippen LogP contribution in [0.15, 0.2) is 133 Å². The molecule has 1 heteroatoms. The summed E-state index contributed by atoms with van der Waals surface area (Å²) in [5.41, 5.74) is 8.76. The third kappa shape index (κ3) is 10.3. The minimum absolute atomic E-state index is 0.177. The fraction of sp³-hybridized carbons (Fsp3) is 0.213. The molecule has 0 nitrogen and oxygen atoms in total. The zero-order chi connectivity index (χ0) is 34.6. The first kappa shape index (κ1) is 36.9. The molecule has 0 fully saturated rings. The molecule has 242 valence electrons. The van der Waals surface area contributed by atoms with E-state index in [1.807, 2.05) is 60.7 Å². The van der Waals surface area contributed by atoms with Crippen molar-refractivity contribution < 1.29 is 24.2 Å². The summed E-state index contributed by atoms with van der Waals surface area (Å²) >= 11 is 1.30. The van der Waals surface area contributed by atoms with Crippen LogP contribution in [0.4, 0.5) is 0 Å². The zero-order valence-electron chi connectivity index (χ0n) is 29.3. The fourth-order valence-corrected chi connectivity index (χ4v) is 5.46. The number of hydrogen-bond donors (Lipinski definition) is 0. The van der Waals surface area contributed by atoms with Crippen LogP contribution in [0.3, 0.4) is 0 Å². The second-order valence-corrected chi connectivity index (χ2v) is 13.9. The summed E-state index contributed by atoms with van der Waals surface area (Å²) in [5, 5.41) is 5.07. The van der Waals surface area contributed by atoms with Crippen LogP contribution in [-0.4, -0.2) is 4.21 Å². The van der Waals surface area contributed by atoms with E-state index in [0.717, 1.165) is 12.8 Å². The largest absolute Gasteiger partial charge is 0.183 e. The van der Waals surface area contributed by atoms with Gasteiger partial charge in [0.05, 0.1) is 0 Å². The Balaban J connectivity index is 0.000000160. The molecule has 8 rings (SSSR count).